The van der Waals surface area contributed by atoms with Crippen LogP contribution >= 0.6 is 11.8 Å². The van der Waals surface area contributed by atoms with Crippen molar-refractivity contribution in [3.8, 4) is 16.9 Å². The Balaban J connectivity index is 1.90. The summed E-state index contributed by atoms with van der Waals surface area (Å²) in [6, 6.07) is 10.5. The van der Waals surface area contributed by atoms with Gasteiger partial charge in [-0.25, -0.2) is 0 Å². The number of thioether (sulfide) groups is 1. The first-order valence-electron chi connectivity index (χ1n) is 10.8. The molecule has 4 rings (SSSR count). The molecule has 1 heterocycles. The Morgan fingerprint density at radius 2 is 1.68 bits per heavy atom. The predicted octanol–water partition coefficient (Wildman–Crippen LogP) is 6.22. The topological polar surface area (TPSA) is 46.6 Å². The minimum absolute atomic E-state index is 0.0903. The Morgan fingerprint density at radius 1 is 1.03 bits per heavy atom. The van der Waals surface area contributed by atoms with Gasteiger partial charge in [0.1, 0.15) is 5.75 Å². The lowest BCUT2D eigenvalue weighted by molar-refractivity contribution is -0.125. The summed E-state index contributed by atoms with van der Waals surface area (Å²) in [5.41, 5.74) is 7.23. The maximum absolute atomic E-state index is 12.3. The minimum Gasteiger partial charge on any atom is -0.496 e. The van der Waals surface area contributed by atoms with Crippen LogP contribution in [0.5, 0.6) is 5.75 Å². The molecule has 0 radical (unpaired) electrons. The zero-order chi connectivity index (χ0) is 22.6. The number of amides is 2. The van der Waals surface area contributed by atoms with Crippen molar-refractivity contribution in [1.29, 1.82) is 0 Å². The number of hydrogen-bond acceptors (Lipinski definition) is 4. The largest absolute Gasteiger partial charge is 0.496 e. The normalized spacial score (nSPS) is 19.5. The number of aryl methyl sites for hydroxylation is 1. The van der Waals surface area contributed by atoms with Crippen LogP contribution in [0, 0.1) is 6.92 Å². The maximum Gasteiger partial charge on any atom is 0.289 e. The summed E-state index contributed by atoms with van der Waals surface area (Å²) >= 11 is 1.07. The Hall–Kier alpha value is -2.27. The highest BCUT2D eigenvalue weighted by atomic mass is 32.2. The molecule has 0 unspecified atom stereocenters. The molecule has 2 aliphatic rings. The second kappa shape index (κ2) is 7.70. The predicted molar refractivity (Wildman–Crippen MR) is 127 cm³/mol. The lowest BCUT2D eigenvalue weighted by Gasteiger charge is -2.42. The molecule has 1 aliphatic heterocycles. The van der Waals surface area contributed by atoms with E-state index in [4.69, 9.17) is 4.74 Å². The summed E-state index contributed by atoms with van der Waals surface area (Å²) in [6.07, 6.45) is 2.31. The zero-order valence-electron chi connectivity index (χ0n) is 19.3. The highest BCUT2D eigenvalue weighted by Crippen LogP contribution is 2.49. The highest BCUT2D eigenvalue weighted by molar-refractivity contribution is 8.14. The molecule has 1 aliphatic carbocycles. The molecule has 31 heavy (non-hydrogen) atoms. The number of imide groups is 1. The molecule has 0 aromatic heterocycles. The van der Waals surface area contributed by atoms with Crippen molar-refractivity contribution in [2.24, 2.45) is 0 Å². The second-order valence-electron chi connectivity index (χ2n) is 10.0. The summed E-state index contributed by atoms with van der Waals surface area (Å²) in [5, 5.41) is -0.177. The van der Waals surface area contributed by atoms with Crippen LogP contribution in [0.15, 0.2) is 30.3 Å². The Morgan fingerprint density at radius 3 is 2.26 bits per heavy atom. The summed E-state index contributed by atoms with van der Waals surface area (Å²) < 4.78 is 5.76. The zero-order valence-corrected chi connectivity index (χ0v) is 20.1. The van der Waals surface area contributed by atoms with Gasteiger partial charge in [-0.3, -0.25) is 14.5 Å². The van der Waals surface area contributed by atoms with Crippen molar-refractivity contribution in [1.82, 2.24) is 4.90 Å². The van der Waals surface area contributed by atoms with Crippen molar-refractivity contribution in [2.75, 3.05) is 12.9 Å². The van der Waals surface area contributed by atoms with E-state index >= 15 is 0 Å². The molecule has 0 spiro atoms. The average Bonchev–Trinajstić information content (AvgIpc) is 3.03. The first-order chi connectivity index (χ1) is 14.5. The summed E-state index contributed by atoms with van der Waals surface area (Å²) in [4.78, 5) is 25.9. The van der Waals surface area contributed by atoms with Gasteiger partial charge in [-0.1, -0.05) is 57.7 Å². The second-order valence-corrected chi connectivity index (χ2v) is 10.9. The van der Waals surface area contributed by atoms with E-state index in [9.17, 15) is 9.59 Å². The molecule has 1 fully saturated rings. The van der Waals surface area contributed by atoms with Gasteiger partial charge < -0.3 is 4.74 Å². The van der Waals surface area contributed by atoms with Crippen LogP contribution in [0.4, 0.5) is 4.79 Å². The standard InChI is InChI=1S/C26H31NO3S/c1-16-12-19-20(26(4,5)11-10-25(19,2)3)13-18(16)23-17(8-7-9-21(23)30-6)14-27-22(28)15-31-24(27)29/h7-9,12-13H,10-11,14-15H2,1-6H3. The van der Waals surface area contributed by atoms with E-state index < -0.39 is 0 Å². The molecule has 5 heteroatoms. The third-order valence-electron chi connectivity index (χ3n) is 6.97. The van der Waals surface area contributed by atoms with E-state index in [1.807, 2.05) is 18.2 Å². The van der Waals surface area contributed by atoms with E-state index in [-0.39, 0.29) is 34.3 Å². The van der Waals surface area contributed by atoms with Gasteiger partial charge in [0.05, 0.1) is 19.4 Å². The lowest BCUT2D eigenvalue weighted by Crippen LogP contribution is -2.34. The van der Waals surface area contributed by atoms with Gasteiger partial charge in [0.2, 0.25) is 5.91 Å². The molecular weight excluding hydrogens is 406 g/mol. The average molecular weight is 438 g/mol. The van der Waals surface area contributed by atoms with Gasteiger partial charge in [-0.05, 0) is 70.5 Å². The lowest BCUT2D eigenvalue weighted by atomic mass is 9.62. The molecule has 4 nitrogen and oxygen atoms in total. The molecule has 164 valence electrons. The van der Waals surface area contributed by atoms with Crippen LogP contribution in [-0.2, 0) is 22.2 Å². The van der Waals surface area contributed by atoms with Crippen LogP contribution in [0.3, 0.4) is 0 Å². The smallest absolute Gasteiger partial charge is 0.289 e. The summed E-state index contributed by atoms with van der Waals surface area (Å²) in [5.74, 6) is 0.855. The highest BCUT2D eigenvalue weighted by Gasteiger charge is 2.38. The first-order valence-corrected chi connectivity index (χ1v) is 11.8. The molecule has 0 atom stereocenters. The molecule has 0 saturated carbocycles. The quantitative estimate of drug-likeness (QED) is 0.570. The summed E-state index contributed by atoms with van der Waals surface area (Å²) in [7, 11) is 1.67. The van der Waals surface area contributed by atoms with E-state index in [0.717, 1.165) is 40.6 Å². The fourth-order valence-corrected chi connectivity index (χ4v) is 5.60. The van der Waals surface area contributed by atoms with E-state index in [1.165, 1.54) is 28.0 Å². The first kappa shape index (κ1) is 21.9. The number of rotatable bonds is 4. The molecule has 0 N–H and O–H groups in total. The number of methoxy groups -OCH3 is 1. The summed E-state index contributed by atoms with van der Waals surface area (Å²) in [6.45, 7) is 11.7. The van der Waals surface area contributed by atoms with Gasteiger partial charge >= 0.3 is 0 Å². The fraction of sp³-hybridized carbons (Fsp3) is 0.462. The number of hydrogen-bond donors (Lipinski definition) is 0. The number of fused-ring (bicyclic) bond motifs is 1. The van der Waals surface area contributed by atoms with E-state index in [2.05, 4.69) is 46.8 Å². The van der Waals surface area contributed by atoms with Gasteiger partial charge in [0.15, 0.2) is 0 Å². The Kier molecular flexibility index (Phi) is 5.45. The van der Waals surface area contributed by atoms with Gasteiger partial charge in [0, 0.05) is 5.56 Å². The van der Waals surface area contributed by atoms with Crippen LogP contribution in [0.25, 0.3) is 11.1 Å². The van der Waals surface area contributed by atoms with Crippen LogP contribution < -0.4 is 4.74 Å². The monoisotopic (exact) mass is 437 g/mol. The van der Waals surface area contributed by atoms with E-state index in [1.54, 1.807) is 7.11 Å². The fourth-order valence-electron chi connectivity index (χ4n) is 4.88. The molecule has 0 bridgehead atoms. The number of ether oxygens (including phenoxy) is 1. The van der Waals surface area contributed by atoms with Crippen LogP contribution in [-0.4, -0.2) is 28.9 Å². The van der Waals surface area contributed by atoms with Gasteiger partial charge in [-0.2, -0.15) is 0 Å². The number of carbonyl (C=O) groups is 2. The van der Waals surface area contributed by atoms with E-state index in [0.29, 0.717) is 0 Å². The number of nitrogens with zero attached hydrogens (tertiary/aromatic N) is 1. The van der Waals surface area contributed by atoms with Crippen molar-refractivity contribution in [2.45, 2.75) is 64.8 Å². The number of carbonyl (C=O) groups excluding carboxylic acids is 2. The number of benzene rings is 2. The third kappa shape index (κ3) is 3.78. The van der Waals surface area contributed by atoms with Crippen LogP contribution in [0.1, 0.15) is 62.8 Å². The minimum atomic E-state index is -0.177. The Bertz CT molecular complexity index is 1050. The molecule has 2 aromatic rings. The SMILES string of the molecule is COc1cccc(CN2C(=O)CSC2=O)c1-c1cc2c(cc1C)C(C)(C)CCC2(C)C. The molecule has 2 aromatic carbocycles. The molecule has 1 saturated heterocycles. The maximum atomic E-state index is 12.3. The van der Waals surface area contributed by atoms with Crippen molar-refractivity contribution < 1.29 is 14.3 Å². The van der Waals surface area contributed by atoms with Gasteiger partial charge in [0.25, 0.3) is 5.24 Å². The van der Waals surface area contributed by atoms with Gasteiger partial charge in [-0.15, -0.1) is 0 Å². The molecule has 2 amide bonds. The Labute approximate surface area is 189 Å². The van der Waals surface area contributed by atoms with Crippen molar-refractivity contribution in [3.63, 3.8) is 0 Å². The van der Waals surface area contributed by atoms with Crippen LogP contribution in [0.2, 0.25) is 0 Å². The van der Waals surface area contributed by atoms with Crippen molar-refractivity contribution in [3.05, 3.63) is 52.6 Å². The molecular formula is C26H31NO3S. The third-order valence-corrected chi connectivity index (χ3v) is 7.83. The van der Waals surface area contributed by atoms with Crippen molar-refractivity contribution >= 4 is 22.9 Å².